The van der Waals surface area contributed by atoms with Gasteiger partial charge in [0.05, 0.1) is 11.3 Å². The van der Waals surface area contributed by atoms with E-state index in [0.717, 1.165) is 24.9 Å². The lowest BCUT2D eigenvalue weighted by atomic mass is 9.98. The van der Waals surface area contributed by atoms with Crippen LogP contribution in [0.25, 0.3) is 11.1 Å². The van der Waals surface area contributed by atoms with Crippen molar-refractivity contribution >= 4 is 5.97 Å². The summed E-state index contributed by atoms with van der Waals surface area (Å²) >= 11 is 0. The molecule has 2 aliphatic rings. The fourth-order valence-electron chi connectivity index (χ4n) is 2.23. The van der Waals surface area contributed by atoms with Crippen LogP contribution in [0.3, 0.4) is 0 Å². The van der Waals surface area contributed by atoms with Crippen LogP contribution in [-0.2, 0) is 0 Å². The lowest BCUT2D eigenvalue weighted by molar-refractivity contribution is 0.0696. The first-order valence-electron chi connectivity index (χ1n) is 6.67. The third-order valence-electron chi connectivity index (χ3n) is 3.31. The number of benzene rings is 1. The average Bonchev–Trinajstić information content (AvgIpc) is 2.39. The zero-order valence-electron chi connectivity index (χ0n) is 11.6. The molecule has 0 amide bonds. The Balaban J connectivity index is 2.58. The summed E-state index contributed by atoms with van der Waals surface area (Å²) in [5.74, 6) is -1.02. The van der Waals surface area contributed by atoms with Crippen LogP contribution in [0.5, 0.6) is 0 Å². The Kier molecular flexibility index (Phi) is 4.08. The fourth-order valence-corrected chi connectivity index (χ4v) is 2.23. The molecule has 0 bridgehead atoms. The predicted molar refractivity (Wildman–Crippen MR) is 78.2 cm³/mol. The maximum Gasteiger partial charge on any atom is 0.338 e. The lowest BCUT2D eigenvalue weighted by Gasteiger charge is -2.20. The molecule has 1 aliphatic carbocycles. The van der Waals surface area contributed by atoms with E-state index in [4.69, 9.17) is 0 Å². The van der Waals surface area contributed by atoms with E-state index in [9.17, 15) is 14.7 Å². The molecule has 0 aromatic rings. The number of nitrogens with one attached hydrogen (secondary N) is 1. The Labute approximate surface area is 117 Å². The summed E-state index contributed by atoms with van der Waals surface area (Å²) in [6, 6.07) is 4.48. The number of fused-ring (bicyclic) bond motifs is 1. The molecule has 0 atom stereocenters. The third kappa shape index (κ3) is 2.66. The summed E-state index contributed by atoms with van der Waals surface area (Å²) in [5, 5.41) is 9.41. The number of carbonyl (C=O) groups is 1. The second-order valence-electron chi connectivity index (χ2n) is 4.78. The Hall–Kier alpha value is -2.30. The van der Waals surface area contributed by atoms with Gasteiger partial charge < -0.3 is 10.5 Å². The van der Waals surface area contributed by atoms with Crippen LogP contribution in [0.4, 0.5) is 0 Å². The molecule has 0 spiro atoms. The van der Waals surface area contributed by atoms with Crippen molar-refractivity contribution in [3.63, 3.8) is 0 Å². The third-order valence-corrected chi connectivity index (χ3v) is 3.31. The Bertz CT molecular complexity index is 661. The predicted octanol–water partition coefficient (Wildman–Crippen LogP) is 2.30. The number of hydrogen-bond donors (Lipinski definition) is 2. The van der Waals surface area contributed by atoms with Crippen LogP contribution < -0.4 is 10.9 Å². The van der Waals surface area contributed by atoms with Crippen LogP contribution in [0.15, 0.2) is 29.2 Å². The number of carboxylic acid groups (broad SMARTS) is 1. The maximum atomic E-state index is 11.5. The zero-order chi connectivity index (χ0) is 14.7. The molecule has 1 aliphatic heterocycles. The van der Waals surface area contributed by atoms with Gasteiger partial charge in [0, 0.05) is 23.9 Å². The highest BCUT2D eigenvalue weighted by Gasteiger charge is 2.19. The molecular weight excluding hydrogens is 256 g/mol. The first kappa shape index (κ1) is 14.1. The summed E-state index contributed by atoms with van der Waals surface area (Å²) in [5.41, 5.74) is 4.98. The van der Waals surface area contributed by atoms with Crippen molar-refractivity contribution in [2.45, 2.75) is 26.7 Å². The molecular formula is C15H18N2O3. The van der Waals surface area contributed by atoms with Gasteiger partial charge in [-0.1, -0.05) is 13.3 Å². The highest BCUT2D eigenvalue weighted by Crippen LogP contribution is 2.26. The highest BCUT2D eigenvalue weighted by atomic mass is 16.4. The quantitative estimate of drug-likeness (QED) is 0.821. The first-order chi connectivity index (χ1) is 9.54. The molecule has 2 N–H and O–H groups in total. The number of carboxylic acids is 1. The molecule has 0 aromatic heterocycles. The van der Waals surface area contributed by atoms with Gasteiger partial charge in [0.2, 0.25) is 0 Å². The molecule has 0 saturated carbocycles. The maximum absolute atomic E-state index is 11.5. The smallest absolute Gasteiger partial charge is 0.338 e. The average molecular weight is 274 g/mol. The standard InChI is InChI=1S/C15H18N2O3/c1-3-4-7-16-17-9-11-5-6-12(18)8-13(11)14(10(17)2)15(19)20/h5-6,8-9,16H,3-4,7H2,1-2H3,(H,19,20). The highest BCUT2D eigenvalue weighted by molar-refractivity contribution is 5.97. The molecule has 5 heteroatoms. The van der Waals surface area contributed by atoms with Gasteiger partial charge in [0.1, 0.15) is 0 Å². The summed E-state index contributed by atoms with van der Waals surface area (Å²) in [4.78, 5) is 22.9. The summed E-state index contributed by atoms with van der Waals surface area (Å²) in [7, 11) is 0. The molecule has 0 radical (unpaired) electrons. The molecule has 5 nitrogen and oxygen atoms in total. The van der Waals surface area contributed by atoms with E-state index in [1.54, 1.807) is 17.7 Å². The molecule has 0 aromatic carbocycles. The van der Waals surface area contributed by atoms with Crippen molar-refractivity contribution < 1.29 is 9.90 Å². The van der Waals surface area contributed by atoms with Gasteiger partial charge in [-0.05, 0) is 31.5 Å². The lowest BCUT2D eigenvalue weighted by Crippen LogP contribution is -2.22. The topological polar surface area (TPSA) is 71.3 Å². The summed E-state index contributed by atoms with van der Waals surface area (Å²) in [6.07, 6.45) is 3.89. The van der Waals surface area contributed by atoms with Crippen LogP contribution in [-0.4, -0.2) is 22.3 Å². The molecule has 20 heavy (non-hydrogen) atoms. The van der Waals surface area contributed by atoms with E-state index in [2.05, 4.69) is 12.3 Å². The number of pyridine rings is 1. The van der Waals surface area contributed by atoms with Gasteiger partial charge >= 0.3 is 5.97 Å². The normalized spacial score (nSPS) is 10.7. The van der Waals surface area contributed by atoms with Crippen LogP contribution in [0.2, 0.25) is 0 Å². The number of rotatable bonds is 5. The van der Waals surface area contributed by atoms with Crippen molar-refractivity contribution in [1.82, 2.24) is 4.68 Å². The van der Waals surface area contributed by atoms with Crippen molar-refractivity contribution in [3.05, 3.63) is 45.9 Å². The van der Waals surface area contributed by atoms with E-state index < -0.39 is 5.97 Å². The number of nitrogens with zero attached hydrogens (tertiary/aromatic N) is 1. The van der Waals surface area contributed by atoms with Gasteiger partial charge in [-0.15, -0.1) is 0 Å². The number of unbranched alkanes of at least 4 members (excludes halogenated alkanes) is 1. The number of hydrogen-bond acceptors (Lipinski definition) is 3. The van der Waals surface area contributed by atoms with Crippen molar-refractivity contribution in [3.8, 4) is 11.1 Å². The zero-order valence-corrected chi connectivity index (χ0v) is 11.6. The Morgan fingerprint density at radius 1 is 1.40 bits per heavy atom. The van der Waals surface area contributed by atoms with Gasteiger partial charge in [-0.3, -0.25) is 9.47 Å². The molecule has 0 saturated heterocycles. The molecule has 1 heterocycles. The SMILES string of the molecule is CCCCNn1cc2ccc(=O)cc-2c(C(=O)O)c1C. The van der Waals surface area contributed by atoms with E-state index in [1.807, 2.05) is 6.20 Å². The van der Waals surface area contributed by atoms with Crippen LogP contribution >= 0.6 is 0 Å². The monoisotopic (exact) mass is 274 g/mol. The fraction of sp³-hybridized carbons (Fsp3) is 0.333. The van der Waals surface area contributed by atoms with E-state index in [0.29, 0.717) is 11.3 Å². The van der Waals surface area contributed by atoms with E-state index in [-0.39, 0.29) is 11.0 Å². The molecule has 0 fully saturated rings. The van der Waals surface area contributed by atoms with Crippen LogP contribution in [0, 0.1) is 6.92 Å². The van der Waals surface area contributed by atoms with E-state index >= 15 is 0 Å². The van der Waals surface area contributed by atoms with Gasteiger partial charge in [-0.25, -0.2) is 4.79 Å². The Morgan fingerprint density at radius 2 is 2.15 bits per heavy atom. The van der Waals surface area contributed by atoms with Gasteiger partial charge in [0.25, 0.3) is 0 Å². The van der Waals surface area contributed by atoms with Crippen LogP contribution in [0.1, 0.15) is 35.8 Å². The Morgan fingerprint density at radius 3 is 2.80 bits per heavy atom. The van der Waals surface area contributed by atoms with E-state index in [1.165, 1.54) is 12.1 Å². The number of aromatic nitrogens is 1. The number of aromatic carboxylic acids is 1. The minimum Gasteiger partial charge on any atom is -0.478 e. The second-order valence-corrected chi connectivity index (χ2v) is 4.78. The van der Waals surface area contributed by atoms with Crippen molar-refractivity contribution in [2.24, 2.45) is 0 Å². The molecule has 0 unspecified atom stereocenters. The molecule has 106 valence electrons. The molecule has 2 rings (SSSR count). The minimum absolute atomic E-state index is 0.171. The largest absolute Gasteiger partial charge is 0.478 e. The first-order valence-corrected chi connectivity index (χ1v) is 6.67. The van der Waals surface area contributed by atoms with Gasteiger partial charge in [-0.2, -0.15) is 0 Å². The van der Waals surface area contributed by atoms with Crippen molar-refractivity contribution in [2.75, 3.05) is 12.0 Å². The second kappa shape index (κ2) is 5.77. The summed E-state index contributed by atoms with van der Waals surface area (Å²) < 4.78 is 1.73. The van der Waals surface area contributed by atoms with Crippen molar-refractivity contribution in [1.29, 1.82) is 0 Å². The van der Waals surface area contributed by atoms with Gasteiger partial charge in [0.15, 0.2) is 5.43 Å². The minimum atomic E-state index is -1.02. The summed E-state index contributed by atoms with van der Waals surface area (Å²) in [6.45, 7) is 4.60.